The first-order chi connectivity index (χ1) is 21.9. The summed E-state index contributed by atoms with van der Waals surface area (Å²) in [5.74, 6) is 1.23. The molecule has 0 bridgehead atoms. The van der Waals surface area contributed by atoms with E-state index in [0.29, 0.717) is 22.4 Å². The fourth-order valence-corrected chi connectivity index (χ4v) is 5.99. The van der Waals surface area contributed by atoms with Crippen LogP contribution in [-0.4, -0.2) is 80.0 Å². The minimum absolute atomic E-state index is 0.00867. The van der Waals surface area contributed by atoms with Gasteiger partial charge in [0.15, 0.2) is 22.5 Å². The highest BCUT2D eigenvalue weighted by molar-refractivity contribution is 9.10. The highest BCUT2D eigenvalue weighted by Crippen LogP contribution is 2.41. The van der Waals surface area contributed by atoms with Crippen molar-refractivity contribution in [3.8, 4) is 29.1 Å². The van der Waals surface area contributed by atoms with Crippen molar-refractivity contribution in [1.29, 1.82) is 0 Å². The largest absolute Gasteiger partial charge is 0.493 e. The maximum atomic E-state index is 13.7. The fraction of sp³-hybridized carbons (Fsp3) is 0.355. The molecule has 46 heavy (non-hydrogen) atoms. The van der Waals surface area contributed by atoms with Crippen molar-refractivity contribution in [2.45, 2.75) is 36.2 Å². The van der Waals surface area contributed by atoms with Crippen LogP contribution in [0.25, 0.3) is 0 Å². The van der Waals surface area contributed by atoms with Crippen LogP contribution < -0.4 is 23.7 Å². The topological polar surface area (TPSA) is 138 Å². The predicted molar refractivity (Wildman–Crippen MR) is 181 cm³/mol. The summed E-state index contributed by atoms with van der Waals surface area (Å²) in [5, 5.41) is 0.294. The molecule has 0 aliphatic carbocycles. The molecule has 4 rings (SSSR count). The van der Waals surface area contributed by atoms with Gasteiger partial charge in [-0.2, -0.15) is 4.98 Å². The van der Waals surface area contributed by atoms with E-state index >= 15 is 0 Å². The third-order valence-electron chi connectivity index (χ3n) is 6.28. The average Bonchev–Trinajstić information content (AvgIpc) is 3.01. The lowest BCUT2D eigenvalue weighted by Gasteiger charge is -2.20. The summed E-state index contributed by atoms with van der Waals surface area (Å²) in [5.41, 5.74) is 0.857. The molecule has 1 N–H and O–H groups in total. The molecule has 15 heteroatoms. The van der Waals surface area contributed by atoms with Crippen LogP contribution in [0.1, 0.15) is 26.3 Å². The van der Waals surface area contributed by atoms with Gasteiger partial charge in [0.2, 0.25) is 5.75 Å². The molecule has 0 aliphatic rings. The van der Waals surface area contributed by atoms with Crippen molar-refractivity contribution < 1.29 is 27.4 Å². The first kappa shape index (κ1) is 35.2. The quantitative estimate of drug-likeness (QED) is 0.0867. The normalized spacial score (nSPS) is 11.7. The van der Waals surface area contributed by atoms with Gasteiger partial charge in [-0.25, -0.2) is 23.4 Å². The standard InChI is InChI=1S/C31H37BrN6O6S2/c1-31(2,3)21-11-13-23(14-12-21)46(39,40)37-27-26(44-25-10-8-7-9-24(25)41-6)28(36-30(35-27)45-18-15-38(4)5)42-16-17-43-29-33-19-22(32)20-34-29/h7-14,19-20H,15-18H2,1-6H3,(H,35,36,37). The third kappa shape index (κ3) is 9.92. The zero-order chi connectivity index (χ0) is 33.3. The van der Waals surface area contributed by atoms with Gasteiger partial charge >= 0.3 is 6.01 Å². The van der Waals surface area contributed by atoms with Crippen LogP contribution in [0.15, 0.2) is 75.4 Å². The number of anilines is 1. The predicted octanol–water partition coefficient (Wildman–Crippen LogP) is 6.04. The Morgan fingerprint density at radius 1 is 0.935 bits per heavy atom. The number of halogens is 1. The van der Waals surface area contributed by atoms with Gasteiger partial charge in [0.25, 0.3) is 15.9 Å². The lowest BCUT2D eigenvalue weighted by Crippen LogP contribution is -2.18. The second-order valence-corrected chi connectivity index (χ2v) is 14.8. The third-order valence-corrected chi connectivity index (χ3v) is 8.87. The number of methoxy groups -OCH3 is 1. The molecule has 0 amide bonds. The molecular weight excluding hydrogens is 696 g/mol. The zero-order valence-electron chi connectivity index (χ0n) is 26.5. The number of sulfonamides is 1. The molecule has 0 saturated heterocycles. The number of aromatic nitrogens is 4. The Labute approximate surface area is 282 Å². The Morgan fingerprint density at radius 2 is 1.59 bits per heavy atom. The first-order valence-corrected chi connectivity index (χ1v) is 17.5. The lowest BCUT2D eigenvalue weighted by atomic mass is 9.87. The van der Waals surface area contributed by atoms with Crippen LogP contribution >= 0.6 is 27.7 Å². The molecule has 0 saturated carbocycles. The van der Waals surface area contributed by atoms with Crippen LogP contribution in [0, 0.1) is 0 Å². The number of ether oxygens (including phenoxy) is 4. The van der Waals surface area contributed by atoms with E-state index < -0.39 is 10.0 Å². The molecule has 2 aromatic carbocycles. The summed E-state index contributed by atoms with van der Waals surface area (Å²) in [7, 11) is 1.32. The van der Waals surface area contributed by atoms with E-state index in [0.717, 1.165) is 16.6 Å². The monoisotopic (exact) mass is 732 g/mol. The molecule has 0 unspecified atom stereocenters. The minimum Gasteiger partial charge on any atom is -0.493 e. The molecule has 2 heterocycles. The van der Waals surface area contributed by atoms with E-state index in [4.69, 9.17) is 18.9 Å². The number of nitrogens with zero attached hydrogens (tertiary/aromatic N) is 5. The van der Waals surface area contributed by atoms with E-state index in [9.17, 15) is 8.42 Å². The van der Waals surface area contributed by atoms with Gasteiger partial charge in [0.1, 0.15) is 13.2 Å². The summed E-state index contributed by atoms with van der Waals surface area (Å²) in [6, 6.07) is 13.8. The Bertz CT molecular complexity index is 1700. The molecule has 0 radical (unpaired) electrons. The van der Waals surface area contributed by atoms with Crippen molar-refractivity contribution in [3.63, 3.8) is 0 Å². The second-order valence-electron chi connectivity index (χ2n) is 11.2. The Hall–Kier alpha value is -3.66. The Balaban J connectivity index is 1.72. The number of thioether (sulfide) groups is 1. The molecule has 0 aliphatic heterocycles. The summed E-state index contributed by atoms with van der Waals surface area (Å²) < 4.78 is 54.1. The van der Waals surface area contributed by atoms with E-state index in [1.54, 1.807) is 60.9 Å². The average molecular weight is 734 g/mol. The van der Waals surface area contributed by atoms with E-state index in [-0.39, 0.29) is 47.0 Å². The summed E-state index contributed by atoms with van der Waals surface area (Å²) in [6.45, 7) is 7.01. The van der Waals surface area contributed by atoms with Crippen LogP contribution in [0.4, 0.5) is 5.82 Å². The van der Waals surface area contributed by atoms with Crippen molar-refractivity contribution in [1.82, 2.24) is 24.8 Å². The molecule has 12 nitrogen and oxygen atoms in total. The van der Waals surface area contributed by atoms with Gasteiger partial charge < -0.3 is 23.8 Å². The van der Waals surface area contributed by atoms with Gasteiger partial charge in [-0.15, -0.1) is 0 Å². The SMILES string of the molecule is COc1ccccc1Oc1c(NS(=O)(=O)c2ccc(C(C)(C)C)cc2)nc(SCCN(C)C)nc1OCCOc1ncc(Br)cn1. The first-order valence-electron chi connectivity index (χ1n) is 14.2. The van der Waals surface area contributed by atoms with Crippen LogP contribution in [-0.2, 0) is 15.4 Å². The van der Waals surface area contributed by atoms with Crippen LogP contribution in [0.2, 0.25) is 0 Å². The number of hydrogen-bond acceptors (Lipinski definition) is 12. The molecule has 0 atom stereocenters. The second kappa shape index (κ2) is 15.8. The Morgan fingerprint density at radius 3 is 2.22 bits per heavy atom. The Kier molecular flexibility index (Phi) is 12.1. The molecule has 0 spiro atoms. The summed E-state index contributed by atoms with van der Waals surface area (Å²) in [6.07, 6.45) is 3.14. The number of benzene rings is 2. The van der Waals surface area contributed by atoms with Crippen molar-refractivity contribution in [2.75, 3.05) is 51.4 Å². The van der Waals surface area contributed by atoms with Gasteiger partial charge in [-0.1, -0.05) is 56.8 Å². The summed E-state index contributed by atoms with van der Waals surface area (Å²) >= 11 is 4.64. The fourth-order valence-electron chi connectivity index (χ4n) is 3.83. The number of nitrogens with one attached hydrogen (secondary N) is 1. The zero-order valence-corrected chi connectivity index (χ0v) is 29.7. The smallest absolute Gasteiger partial charge is 0.316 e. The summed E-state index contributed by atoms with van der Waals surface area (Å²) in [4.78, 5) is 19.5. The highest BCUT2D eigenvalue weighted by Gasteiger charge is 2.26. The van der Waals surface area contributed by atoms with Crippen LogP contribution in [0.3, 0.4) is 0 Å². The van der Waals surface area contributed by atoms with Crippen molar-refractivity contribution in [2.24, 2.45) is 0 Å². The van der Waals surface area contributed by atoms with E-state index in [2.05, 4.69) is 61.4 Å². The molecule has 0 fully saturated rings. The number of para-hydroxylation sites is 2. The number of hydrogen-bond donors (Lipinski definition) is 1. The molecular formula is C31H37BrN6O6S2. The number of rotatable bonds is 15. The van der Waals surface area contributed by atoms with Gasteiger partial charge in [-0.3, -0.25) is 4.72 Å². The maximum absolute atomic E-state index is 13.7. The van der Waals surface area contributed by atoms with Crippen LogP contribution in [0.5, 0.6) is 29.1 Å². The van der Waals surface area contributed by atoms with E-state index in [1.807, 2.05) is 19.0 Å². The van der Waals surface area contributed by atoms with Gasteiger partial charge in [0, 0.05) is 24.7 Å². The van der Waals surface area contributed by atoms with Crippen molar-refractivity contribution in [3.05, 3.63) is 71.0 Å². The molecule has 2 aromatic heterocycles. The molecule has 246 valence electrons. The van der Waals surface area contributed by atoms with Gasteiger partial charge in [0.05, 0.1) is 16.5 Å². The minimum atomic E-state index is -4.11. The lowest BCUT2D eigenvalue weighted by molar-refractivity contribution is 0.196. The van der Waals surface area contributed by atoms with E-state index in [1.165, 1.54) is 18.9 Å². The molecule has 4 aromatic rings. The maximum Gasteiger partial charge on any atom is 0.316 e. The highest BCUT2D eigenvalue weighted by atomic mass is 79.9. The van der Waals surface area contributed by atoms with Crippen molar-refractivity contribution >= 4 is 43.5 Å². The van der Waals surface area contributed by atoms with Gasteiger partial charge in [-0.05, 0) is 65.3 Å².